The molecule has 0 saturated heterocycles. The van der Waals surface area contributed by atoms with E-state index in [2.05, 4.69) is 32.6 Å². The molecular formula is C12H13BrClN3O. The van der Waals surface area contributed by atoms with Crippen molar-refractivity contribution in [2.45, 2.75) is 19.4 Å². The molecule has 0 radical (unpaired) electrons. The van der Waals surface area contributed by atoms with Gasteiger partial charge in [-0.3, -0.25) is 4.79 Å². The third-order valence-corrected chi connectivity index (χ3v) is 3.39. The Balaban J connectivity index is 2.65. The van der Waals surface area contributed by atoms with Gasteiger partial charge in [-0.2, -0.15) is 5.26 Å². The first-order valence-corrected chi connectivity index (χ1v) is 6.61. The van der Waals surface area contributed by atoms with Gasteiger partial charge in [0.25, 0.3) is 0 Å². The molecule has 0 aliphatic carbocycles. The predicted molar refractivity (Wildman–Crippen MR) is 75.5 cm³/mol. The average molecular weight is 331 g/mol. The van der Waals surface area contributed by atoms with Crippen molar-refractivity contribution in [3.63, 3.8) is 0 Å². The van der Waals surface area contributed by atoms with Crippen LogP contribution in [0.2, 0.25) is 5.02 Å². The molecule has 1 rings (SSSR count). The second-order valence-electron chi connectivity index (χ2n) is 3.61. The van der Waals surface area contributed by atoms with Crippen molar-refractivity contribution in [3.8, 4) is 6.07 Å². The summed E-state index contributed by atoms with van der Waals surface area (Å²) in [6.07, 6.45) is 0.116. The molecule has 0 spiro atoms. The zero-order valence-corrected chi connectivity index (χ0v) is 12.2. The van der Waals surface area contributed by atoms with Gasteiger partial charge in [0.15, 0.2) is 0 Å². The van der Waals surface area contributed by atoms with Crippen LogP contribution >= 0.6 is 27.5 Å². The molecule has 1 unspecified atom stereocenters. The summed E-state index contributed by atoms with van der Waals surface area (Å²) >= 11 is 9.17. The summed E-state index contributed by atoms with van der Waals surface area (Å²) in [7, 11) is 0. The molecule has 1 aromatic carbocycles. The van der Waals surface area contributed by atoms with Crippen LogP contribution in [0, 0.1) is 11.3 Å². The molecule has 1 aromatic rings. The molecule has 0 aliphatic heterocycles. The Kier molecular flexibility index (Phi) is 5.96. The maximum Gasteiger partial charge on any atom is 0.223 e. The average Bonchev–Trinajstić information content (AvgIpc) is 2.33. The fraction of sp³-hybridized carbons (Fsp3) is 0.333. The molecule has 1 amide bonds. The molecular weight excluding hydrogens is 318 g/mol. The molecule has 0 aliphatic rings. The van der Waals surface area contributed by atoms with Gasteiger partial charge in [0.1, 0.15) is 6.04 Å². The third kappa shape index (κ3) is 4.55. The highest BCUT2D eigenvalue weighted by molar-refractivity contribution is 9.10. The van der Waals surface area contributed by atoms with Crippen LogP contribution < -0.4 is 10.6 Å². The molecule has 0 heterocycles. The Bertz CT molecular complexity index is 473. The number of hydrogen-bond donors (Lipinski definition) is 2. The molecule has 2 N–H and O–H groups in total. The highest BCUT2D eigenvalue weighted by Crippen LogP contribution is 2.25. The van der Waals surface area contributed by atoms with Gasteiger partial charge in [0.2, 0.25) is 5.91 Å². The minimum absolute atomic E-state index is 0.116. The van der Waals surface area contributed by atoms with Gasteiger partial charge in [-0.15, -0.1) is 0 Å². The highest BCUT2D eigenvalue weighted by Gasteiger charge is 2.12. The molecule has 0 saturated carbocycles. The molecule has 18 heavy (non-hydrogen) atoms. The molecule has 6 heteroatoms. The van der Waals surface area contributed by atoms with E-state index in [9.17, 15) is 4.79 Å². The number of rotatable bonds is 5. The number of benzene rings is 1. The van der Waals surface area contributed by atoms with E-state index in [-0.39, 0.29) is 12.3 Å². The summed E-state index contributed by atoms with van der Waals surface area (Å²) in [6, 6.07) is 6.73. The van der Waals surface area contributed by atoms with Gasteiger partial charge in [-0.05, 0) is 41.1 Å². The van der Waals surface area contributed by atoms with Gasteiger partial charge in [-0.25, -0.2) is 0 Å². The quantitative estimate of drug-likeness (QED) is 0.872. The normalized spacial score (nSPS) is 11.4. The highest BCUT2D eigenvalue weighted by atomic mass is 79.9. The number of carbonyl (C=O) groups excluding carboxylic acids is 1. The van der Waals surface area contributed by atoms with Crippen LogP contribution in [0.1, 0.15) is 13.3 Å². The smallest absolute Gasteiger partial charge is 0.223 e. The number of anilines is 1. The zero-order valence-electron chi connectivity index (χ0n) is 9.84. The van der Waals surface area contributed by atoms with Crippen molar-refractivity contribution in [1.82, 2.24) is 5.32 Å². The summed E-state index contributed by atoms with van der Waals surface area (Å²) in [5.41, 5.74) is 0.738. The Morgan fingerprint density at radius 3 is 2.89 bits per heavy atom. The Morgan fingerprint density at radius 2 is 2.33 bits per heavy atom. The van der Waals surface area contributed by atoms with Crippen LogP contribution in [0.25, 0.3) is 0 Å². The van der Waals surface area contributed by atoms with Gasteiger partial charge in [-0.1, -0.05) is 11.6 Å². The van der Waals surface area contributed by atoms with Crippen LogP contribution in [-0.2, 0) is 4.79 Å². The fourth-order valence-corrected chi connectivity index (χ4v) is 1.87. The van der Waals surface area contributed by atoms with Gasteiger partial charge in [0, 0.05) is 16.7 Å². The summed E-state index contributed by atoms with van der Waals surface area (Å²) < 4.78 is 0.740. The summed E-state index contributed by atoms with van der Waals surface area (Å²) in [5, 5.41) is 15.2. The van der Waals surface area contributed by atoms with E-state index in [1.165, 1.54) is 0 Å². The molecule has 96 valence electrons. The molecule has 0 aromatic heterocycles. The molecule has 4 nitrogen and oxygen atoms in total. The van der Waals surface area contributed by atoms with E-state index in [0.29, 0.717) is 11.6 Å². The van der Waals surface area contributed by atoms with Gasteiger partial charge < -0.3 is 10.6 Å². The topological polar surface area (TPSA) is 64.9 Å². The third-order valence-electron chi connectivity index (χ3n) is 2.18. The van der Waals surface area contributed by atoms with Crippen molar-refractivity contribution in [2.24, 2.45) is 0 Å². The second kappa shape index (κ2) is 7.24. The van der Waals surface area contributed by atoms with Gasteiger partial charge in [0.05, 0.1) is 17.5 Å². The number of nitrogens with one attached hydrogen (secondary N) is 2. The van der Waals surface area contributed by atoms with E-state index in [1.54, 1.807) is 18.2 Å². The number of nitriles is 1. The van der Waals surface area contributed by atoms with Crippen LogP contribution in [0.15, 0.2) is 22.7 Å². The molecule has 0 fully saturated rings. The van der Waals surface area contributed by atoms with Gasteiger partial charge >= 0.3 is 0 Å². The largest absolute Gasteiger partial charge is 0.369 e. The Labute approximate surface area is 119 Å². The maximum absolute atomic E-state index is 11.4. The van der Waals surface area contributed by atoms with Crippen LogP contribution in [0.3, 0.4) is 0 Å². The number of nitrogens with zero attached hydrogens (tertiary/aromatic N) is 1. The van der Waals surface area contributed by atoms with E-state index < -0.39 is 6.04 Å². The van der Waals surface area contributed by atoms with Crippen LogP contribution in [-0.4, -0.2) is 18.5 Å². The standard InChI is InChI=1S/C12H13BrClN3O/c1-2-16-12(18)6-9(7-15)17-8-3-4-11(14)10(13)5-8/h3-5,9,17H,2,6H2,1H3,(H,16,18). The lowest BCUT2D eigenvalue weighted by Crippen LogP contribution is -2.30. The minimum Gasteiger partial charge on any atom is -0.369 e. The van der Waals surface area contributed by atoms with Crippen molar-refractivity contribution >= 4 is 39.1 Å². The summed E-state index contributed by atoms with van der Waals surface area (Å²) in [6.45, 7) is 2.40. The lowest BCUT2D eigenvalue weighted by atomic mass is 10.2. The first kappa shape index (κ1) is 14.8. The van der Waals surface area contributed by atoms with Crippen molar-refractivity contribution in [2.75, 3.05) is 11.9 Å². The van der Waals surface area contributed by atoms with E-state index in [1.807, 2.05) is 6.92 Å². The monoisotopic (exact) mass is 329 g/mol. The summed E-state index contributed by atoms with van der Waals surface area (Å²) in [5.74, 6) is -0.149. The maximum atomic E-state index is 11.4. The van der Waals surface area contributed by atoms with Crippen molar-refractivity contribution in [1.29, 1.82) is 5.26 Å². The number of amides is 1. The lowest BCUT2D eigenvalue weighted by Gasteiger charge is -2.13. The van der Waals surface area contributed by atoms with E-state index >= 15 is 0 Å². The Hall–Kier alpha value is -1.25. The van der Waals surface area contributed by atoms with Crippen LogP contribution in [0.5, 0.6) is 0 Å². The Morgan fingerprint density at radius 1 is 1.61 bits per heavy atom. The number of halogens is 2. The minimum atomic E-state index is -0.565. The van der Waals surface area contributed by atoms with E-state index in [4.69, 9.17) is 16.9 Å². The first-order valence-electron chi connectivity index (χ1n) is 5.44. The number of carbonyl (C=O) groups is 1. The van der Waals surface area contributed by atoms with E-state index in [0.717, 1.165) is 10.2 Å². The zero-order chi connectivity index (χ0) is 13.5. The predicted octanol–water partition coefficient (Wildman–Crippen LogP) is 2.93. The second-order valence-corrected chi connectivity index (χ2v) is 4.87. The lowest BCUT2D eigenvalue weighted by molar-refractivity contribution is -0.121. The van der Waals surface area contributed by atoms with Crippen molar-refractivity contribution < 1.29 is 4.79 Å². The first-order chi connectivity index (χ1) is 8.56. The van der Waals surface area contributed by atoms with Crippen LogP contribution in [0.4, 0.5) is 5.69 Å². The molecule has 0 bridgehead atoms. The molecule has 1 atom stereocenters. The SMILES string of the molecule is CCNC(=O)CC(C#N)Nc1ccc(Cl)c(Br)c1. The van der Waals surface area contributed by atoms with Crippen molar-refractivity contribution in [3.05, 3.63) is 27.7 Å². The number of hydrogen-bond acceptors (Lipinski definition) is 3. The summed E-state index contributed by atoms with van der Waals surface area (Å²) in [4.78, 5) is 11.4. The fourth-order valence-electron chi connectivity index (χ4n) is 1.37.